The third kappa shape index (κ3) is 5.66. The fourth-order valence-corrected chi connectivity index (χ4v) is 7.58. The molecule has 3 rings (SSSR count). The highest BCUT2D eigenvalue weighted by Crippen LogP contribution is 2.43. The van der Waals surface area contributed by atoms with E-state index in [4.69, 9.17) is 17.3 Å². The summed E-state index contributed by atoms with van der Waals surface area (Å²) in [5.74, 6) is -6.01. The van der Waals surface area contributed by atoms with Gasteiger partial charge in [-0.1, -0.05) is 25.4 Å². The molecular weight excluding hydrogens is 505 g/mol. The zero-order chi connectivity index (χ0) is 26.1. The van der Waals surface area contributed by atoms with Gasteiger partial charge in [0.2, 0.25) is 0 Å². The lowest BCUT2D eigenvalue weighted by Crippen LogP contribution is -2.46. The molecule has 0 aromatic heterocycles. The molecule has 0 heterocycles. The van der Waals surface area contributed by atoms with Crippen molar-refractivity contribution in [2.45, 2.75) is 55.2 Å². The summed E-state index contributed by atoms with van der Waals surface area (Å²) in [5, 5.41) is 11.1. The SMILES string of the molecule is CC[C@](N)(CO)C[C@@H]1CCC(C)C1S(=O)(=O)c1cc(C(=O)Nc2cc(F)c(F)c(F)c2)ccc1Cl. The van der Waals surface area contributed by atoms with Gasteiger partial charge < -0.3 is 16.2 Å². The number of nitrogens with one attached hydrogen (secondary N) is 1. The van der Waals surface area contributed by atoms with Gasteiger partial charge in [0.1, 0.15) is 0 Å². The van der Waals surface area contributed by atoms with Crippen LogP contribution in [0.15, 0.2) is 35.2 Å². The number of amides is 1. The third-order valence-electron chi connectivity index (χ3n) is 6.81. The van der Waals surface area contributed by atoms with Gasteiger partial charge in [-0.25, -0.2) is 21.6 Å². The molecule has 2 aromatic rings. The van der Waals surface area contributed by atoms with Gasteiger partial charge >= 0.3 is 0 Å². The van der Waals surface area contributed by atoms with Crippen LogP contribution in [0, 0.1) is 29.3 Å². The molecule has 0 saturated heterocycles. The van der Waals surface area contributed by atoms with Gasteiger partial charge in [-0.05, 0) is 55.7 Å². The van der Waals surface area contributed by atoms with Crippen LogP contribution in [-0.4, -0.2) is 36.8 Å². The highest BCUT2D eigenvalue weighted by atomic mass is 35.5. The van der Waals surface area contributed by atoms with Crippen LogP contribution < -0.4 is 11.1 Å². The van der Waals surface area contributed by atoms with Crippen LogP contribution in [0.3, 0.4) is 0 Å². The van der Waals surface area contributed by atoms with Gasteiger partial charge in [0.05, 0.1) is 21.8 Å². The van der Waals surface area contributed by atoms with Crippen LogP contribution in [0.5, 0.6) is 0 Å². The number of anilines is 1. The predicted octanol–water partition coefficient (Wildman–Crippen LogP) is 4.69. The van der Waals surface area contributed by atoms with Gasteiger partial charge in [0, 0.05) is 28.9 Å². The molecule has 1 fully saturated rings. The smallest absolute Gasteiger partial charge is 0.255 e. The lowest BCUT2D eigenvalue weighted by atomic mass is 9.85. The molecule has 192 valence electrons. The minimum Gasteiger partial charge on any atom is -0.394 e. The number of carbonyl (C=O) groups excluding carboxylic acids is 1. The molecule has 2 unspecified atom stereocenters. The van der Waals surface area contributed by atoms with Crippen molar-refractivity contribution in [1.29, 1.82) is 0 Å². The summed E-state index contributed by atoms with van der Waals surface area (Å²) in [6.45, 7) is 3.38. The van der Waals surface area contributed by atoms with Crippen LogP contribution >= 0.6 is 11.6 Å². The number of aliphatic hydroxyl groups excluding tert-OH is 1. The second-order valence-corrected chi connectivity index (χ2v) is 11.7. The summed E-state index contributed by atoms with van der Waals surface area (Å²) in [6.07, 6.45) is 2.05. The van der Waals surface area contributed by atoms with Gasteiger partial charge in [0.15, 0.2) is 27.3 Å². The number of halogens is 4. The lowest BCUT2D eigenvalue weighted by Gasteiger charge is -2.32. The van der Waals surface area contributed by atoms with E-state index in [1.54, 1.807) is 0 Å². The monoisotopic (exact) mass is 532 g/mol. The molecule has 35 heavy (non-hydrogen) atoms. The minimum absolute atomic E-state index is 0.0741. The van der Waals surface area contributed by atoms with Crippen LogP contribution in [0.4, 0.5) is 18.9 Å². The van der Waals surface area contributed by atoms with E-state index in [1.165, 1.54) is 12.1 Å². The van der Waals surface area contributed by atoms with Crippen molar-refractivity contribution in [1.82, 2.24) is 0 Å². The summed E-state index contributed by atoms with van der Waals surface area (Å²) < 4.78 is 67.7. The largest absolute Gasteiger partial charge is 0.394 e. The van der Waals surface area contributed by atoms with E-state index in [0.29, 0.717) is 37.8 Å². The van der Waals surface area contributed by atoms with E-state index in [0.717, 1.165) is 6.07 Å². The maximum atomic E-state index is 13.7. The number of benzene rings is 2. The molecule has 1 aliphatic carbocycles. The number of carbonyl (C=O) groups is 1. The Bertz CT molecular complexity index is 1200. The van der Waals surface area contributed by atoms with E-state index in [2.05, 4.69) is 5.32 Å². The number of nitrogens with two attached hydrogens (primary N) is 1. The van der Waals surface area contributed by atoms with Crippen LogP contribution in [0.1, 0.15) is 49.9 Å². The van der Waals surface area contributed by atoms with Crippen molar-refractivity contribution in [3.8, 4) is 0 Å². The minimum atomic E-state index is -4.02. The maximum absolute atomic E-state index is 13.7. The molecule has 0 aliphatic heterocycles. The Balaban J connectivity index is 1.93. The standard InChI is InChI=1S/C24H28ClF3N2O4S/c1-3-24(29,12-31)11-15-5-4-13(2)22(15)35(33,34)20-8-14(6-7-17(20)25)23(32)30-16-9-18(26)21(28)19(27)10-16/h6-10,13,15,22,31H,3-5,11-12,29H2,1-2H3,(H,30,32)/t13?,15-,22?,24+/m0/s1. The molecule has 4 N–H and O–H groups in total. The molecule has 0 bridgehead atoms. The molecule has 4 atom stereocenters. The Morgan fingerprint density at radius 3 is 2.40 bits per heavy atom. The first-order valence-electron chi connectivity index (χ1n) is 11.2. The van der Waals surface area contributed by atoms with Gasteiger partial charge in [-0.2, -0.15) is 0 Å². The molecule has 6 nitrogen and oxygen atoms in total. The van der Waals surface area contributed by atoms with Crippen LogP contribution in [0.25, 0.3) is 0 Å². The molecule has 0 radical (unpaired) electrons. The van der Waals surface area contributed by atoms with E-state index in [1.807, 2.05) is 13.8 Å². The van der Waals surface area contributed by atoms with Crippen molar-refractivity contribution >= 4 is 33.0 Å². The first kappa shape index (κ1) is 27.4. The van der Waals surface area contributed by atoms with Crippen LogP contribution in [-0.2, 0) is 9.84 Å². The number of rotatable bonds is 8. The van der Waals surface area contributed by atoms with Crippen molar-refractivity contribution in [2.75, 3.05) is 11.9 Å². The van der Waals surface area contributed by atoms with Crippen molar-refractivity contribution < 1.29 is 31.5 Å². The third-order valence-corrected chi connectivity index (χ3v) is 9.76. The van der Waals surface area contributed by atoms with Gasteiger partial charge in [0.25, 0.3) is 5.91 Å². The second kappa shape index (κ2) is 10.5. The van der Waals surface area contributed by atoms with Crippen molar-refractivity contribution in [3.63, 3.8) is 0 Å². The zero-order valence-electron chi connectivity index (χ0n) is 19.3. The molecule has 11 heteroatoms. The Labute approximate surface area is 207 Å². The van der Waals surface area contributed by atoms with E-state index in [-0.39, 0.29) is 39.6 Å². The zero-order valence-corrected chi connectivity index (χ0v) is 20.9. The summed E-state index contributed by atoms with van der Waals surface area (Å²) in [6, 6.07) is 4.88. The average molecular weight is 533 g/mol. The first-order chi connectivity index (χ1) is 16.3. The number of hydrogen-bond acceptors (Lipinski definition) is 5. The van der Waals surface area contributed by atoms with Gasteiger partial charge in [-0.3, -0.25) is 4.79 Å². The Hall–Kier alpha value is -2.14. The predicted molar refractivity (Wildman–Crippen MR) is 127 cm³/mol. The molecule has 2 aromatic carbocycles. The summed E-state index contributed by atoms with van der Waals surface area (Å²) >= 11 is 6.25. The fourth-order valence-electron chi connectivity index (χ4n) is 4.73. The maximum Gasteiger partial charge on any atom is 0.255 e. The van der Waals surface area contributed by atoms with E-state index >= 15 is 0 Å². The number of sulfone groups is 1. The summed E-state index contributed by atoms with van der Waals surface area (Å²) in [4.78, 5) is 12.5. The van der Waals surface area contributed by atoms with Gasteiger partial charge in [-0.15, -0.1) is 0 Å². The van der Waals surface area contributed by atoms with Crippen molar-refractivity contribution in [2.24, 2.45) is 17.6 Å². The molecule has 1 amide bonds. The van der Waals surface area contributed by atoms with Crippen LogP contribution in [0.2, 0.25) is 5.02 Å². The Morgan fingerprint density at radius 2 is 1.83 bits per heavy atom. The first-order valence-corrected chi connectivity index (χ1v) is 13.1. The highest BCUT2D eigenvalue weighted by molar-refractivity contribution is 7.92. The molecule has 0 spiro atoms. The van der Waals surface area contributed by atoms with Crippen molar-refractivity contribution in [3.05, 3.63) is 58.4 Å². The fraction of sp³-hybridized carbons (Fsp3) is 0.458. The average Bonchev–Trinajstić information content (AvgIpc) is 3.17. The quantitative estimate of drug-likeness (QED) is 0.427. The summed E-state index contributed by atoms with van der Waals surface area (Å²) in [7, 11) is -4.02. The topological polar surface area (TPSA) is 109 Å². The molecule has 1 aliphatic rings. The Morgan fingerprint density at radius 1 is 1.20 bits per heavy atom. The summed E-state index contributed by atoms with van der Waals surface area (Å²) in [5.41, 5.74) is 4.91. The number of hydrogen-bond donors (Lipinski definition) is 3. The number of aliphatic hydroxyl groups is 1. The molecule has 1 saturated carbocycles. The second-order valence-electron chi connectivity index (χ2n) is 9.26. The Kier molecular flexibility index (Phi) is 8.20. The highest BCUT2D eigenvalue weighted by Gasteiger charge is 2.46. The van der Waals surface area contributed by atoms with E-state index < -0.39 is 44.0 Å². The lowest BCUT2D eigenvalue weighted by molar-refractivity contribution is 0.102. The normalized spacial score (nSPS) is 22.1. The van der Waals surface area contributed by atoms with E-state index in [9.17, 15) is 31.5 Å². The molecular formula is C24H28ClF3N2O4S.